The van der Waals surface area contributed by atoms with Crippen LogP contribution >= 0.6 is 0 Å². The lowest BCUT2D eigenvalue weighted by atomic mass is 10.3. The summed E-state index contributed by atoms with van der Waals surface area (Å²) in [5.41, 5.74) is 0.860. The van der Waals surface area contributed by atoms with Gasteiger partial charge in [0.25, 0.3) is 0 Å². The van der Waals surface area contributed by atoms with Gasteiger partial charge in [-0.3, -0.25) is 9.78 Å². The molecule has 0 atom stereocenters. The van der Waals surface area contributed by atoms with Gasteiger partial charge in [-0.15, -0.1) is 10.2 Å². The number of piperazine rings is 1. The van der Waals surface area contributed by atoms with Crippen molar-refractivity contribution >= 4 is 29.3 Å². The molecule has 3 aromatic heterocycles. The van der Waals surface area contributed by atoms with Crippen LogP contribution in [-0.2, 0) is 4.79 Å². The van der Waals surface area contributed by atoms with Gasteiger partial charge in [-0.2, -0.15) is 0 Å². The quantitative estimate of drug-likeness (QED) is 0.685. The Bertz CT molecular complexity index is 917. The lowest BCUT2D eigenvalue weighted by molar-refractivity contribution is -0.126. The molecule has 1 fully saturated rings. The SMILES string of the molecule is O=C(/C=C/c1ccco1)N1CCN(c2ccc(Nc3cccnc3)nn2)CC1. The van der Waals surface area contributed by atoms with Crippen molar-refractivity contribution in [1.29, 1.82) is 0 Å². The summed E-state index contributed by atoms with van der Waals surface area (Å²) in [6.07, 6.45) is 8.27. The Morgan fingerprint density at radius 1 is 1.07 bits per heavy atom. The summed E-state index contributed by atoms with van der Waals surface area (Å²) in [5.74, 6) is 2.11. The van der Waals surface area contributed by atoms with E-state index in [-0.39, 0.29) is 5.91 Å². The fourth-order valence-electron chi connectivity index (χ4n) is 2.95. The molecule has 0 aliphatic carbocycles. The highest BCUT2D eigenvalue weighted by Gasteiger charge is 2.20. The van der Waals surface area contributed by atoms with Gasteiger partial charge < -0.3 is 19.5 Å². The number of rotatable bonds is 5. The van der Waals surface area contributed by atoms with Crippen molar-refractivity contribution in [1.82, 2.24) is 20.1 Å². The van der Waals surface area contributed by atoms with Gasteiger partial charge in [0.05, 0.1) is 18.1 Å². The third kappa shape index (κ3) is 4.35. The smallest absolute Gasteiger partial charge is 0.246 e. The highest BCUT2D eigenvalue weighted by Crippen LogP contribution is 2.17. The molecular formula is C20H20N6O2. The van der Waals surface area contributed by atoms with Crippen molar-refractivity contribution < 1.29 is 9.21 Å². The zero-order valence-electron chi connectivity index (χ0n) is 15.2. The van der Waals surface area contributed by atoms with Crippen molar-refractivity contribution in [3.8, 4) is 0 Å². The fraction of sp³-hybridized carbons (Fsp3) is 0.200. The maximum absolute atomic E-state index is 12.3. The van der Waals surface area contributed by atoms with Gasteiger partial charge in [0.2, 0.25) is 5.91 Å². The van der Waals surface area contributed by atoms with Crippen molar-refractivity contribution in [3.05, 3.63) is 66.9 Å². The molecule has 0 bridgehead atoms. The molecule has 0 saturated carbocycles. The predicted molar refractivity (Wildman–Crippen MR) is 106 cm³/mol. The molecule has 1 aliphatic rings. The van der Waals surface area contributed by atoms with Crippen LogP contribution in [0.3, 0.4) is 0 Å². The van der Waals surface area contributed by atoms with Gasteiger partial charge in [0, 0.05) is 38.5 Å². The molecule has 1 saturated heterocycles. The second-order valence-corrected chi connectivity index (χ2v) is 6.30. The number of pyridine rings is 1. The van der Waals surface area contributed by atoms with Gasteiger partial charge in [0.1, 0.15) is 5.76 Å². The molecule has 1 N–H and O–H groups in total. The van der Waals surface area contributed by atoms with Crippen molar-refractivity contribution in [3.63, 3.8) is 0 Å². The summed E-state index contributed by atoms with van der Waals surface area (Å²) in [7, 11) is 0. The zero-order chi connectivity index (χ0) is 19.2. The number of nitrogens with zero attached hydrogens (tertiary/aromatic N) is 5. The molecule has 1 aliphatic heterocycles. The summed E-state index contributed by atoms with van der Waals surface area (Å²) in [6, 6.07) is 11.2. The van der Waals surface area contributed by atoms with E-state index < -0.39 is 0 Å². The van der Waals surface area contributed by atoms with Gasteiger partial charge in [-0.1, -0.05) is 0 Å². The van der Waals surface area contributed by atoms with E-state index in [2.05, 4.69) is 25.4 Å². The molecule has 4 heterocycles. The number of nitrogens with one attached hydrogen (secondary N) is 1. The first-order valence-corrected chi connectivity index (χ1v) is 9.04. The van der Waals surface area contributed by atoms with Crippen LogP contribution in [0.1, 0.15) is 5.76 Å². The van der Waals surface area contributed by atoms with Crippen LogP contribution < -0.4 is 10.2 Å². The molecule has 8 heteroatoms. The van der Waals surface area contributed by atoms with E-state index in [1.54, 1.807) is 36.9 Å². The molecule has 4 rings (SSSR count). The average molecular weight is 376 g/mol. The Morgan fingerprint density at radius 2 is 1.96 bits per heavy atom. The third-order valence-electron chi connectivity index (χ3n) is 4.43. The van der Waals surface area contributed by atoms with E-state index in [0.717, 1.165) is 11.5 Å². The lowest BCUT2D eigenvalue weighted by Crippen LogP contribution is -2.48. The van der Waals surface area contributed by atoms with E-state index in [9.17, 15) is 4.79 Å². The van der Waals surface area contributed by atoms with E-state index in [1.807, 2.05) is 35.2 Å². The van der Waals surface area contributed by atoms with Gasteiger partial charge in [0.15, 0.2) is 11.6 Å². The van der Waals surface area contributed by atoms with Crippen LogP contribution in [0.2, 0.25) is 0 Å². The minimum absolute atomic E-state index is 0.0156. The van der Waals surface area contributed by atoms with Crippen LogP contribution in [0.5, 0.6) is 0 Å². The standard InChI is InChI=1S/C20H20N6O2/c27-20(8-5-17-4-2-14-28-17)26-12-10-25(11-13-26)19-7-6-18(23-24-19)22-16-3-1-9-21-15-16/h1-9,14-15H,10-13H2,(H,22,23)/b8-5+. The molecule has 8 nitrogen and oxygen atoms in total. The van der Waals surface area contributed by atoms with Gasteiger partial charge in [-0.25, -0.2) is 0 Å². The third-order valence-corrected chi connectivity index (χ3v) is 4.43. The molecule has 0 radical (unpaired) electrons. The number of anilines is 3. The lowest BCUT2D eigenvalue weighted by Gasteiger charge is -2.34. The number of furan rings is 1. The Kier molecular flexibility index (Phi) is 5.28. The van der Waals surface area contributed by atoms with Crippen molar-refractivity contribution in [2.24, 2.45) is 0 Å². The average Bonchev–Trinajstić information content (AvgIpc) is 3.27. The van der Waals surface area contributed by atoms with E-state index in [4.69, 9.17) is 4.42 Å². The Hall–Kier alpha value is -3.68. The minimum Gasteiger partial charge on any atom is -0.465 e. The highest BCUT2D eigenvalue weighted by molar-refractivity contribution is 5.91. The fourth-order valence-corrected chi connectivity index (χ4v) is 2.95. The van der Waals surface area contributed by atoms with Crippen molar-refractivity contribution in [2.45, 2.75) is 0 Å². The minimum atomic E-state index is -0.0156. The molecule has 3 aromatic rings. The molecule has 28 heavy (non-hydrogen) atoms. The monoisotopic (exact) mass is 376 g/mol. The number of aromatic nitrogens is 3. The van der Waals surface area contributed by atoms with Crippen LogP contribution in [0, 0.1) is 0 Å². The number of hydrogen-bond donors (Lipinski definition) is 1. The van der Waals surface area contributed by atoms with Crippen LogP contribution in [0.15, 0.2) is 65.5 Å². The summed E-state index contributed by atoms with van der Waals surface area (Å²) in [4.78, 5) is 20.3. The molecule has 0 spiro atoms. The summed E-state index contributed by atoms with van der Waals surface area (Å²) in [6.45, 7) is 2.70. The van der Waals surface area contributed by atoms with E-state index >= 15 is 0 Å². The van der Waals surface area contributed by atoms with E-state index in [0.29, 0.717) is 37.8 Å². The normalized spacial score (nSPS) is 14.4. The Labute approximate surface area is 162 Å². The molecule has 0 unspecified atom stereocenters. The largest absolute Gasteiger partial charge is 0.465 e. The van der Waals surface area contributed by atoms with Crippen LogP contribution in [-0.4, -0.2) is 52.2 Å². The molecule has 0 aromatic carbocycles. The van der Waals surface area contributed by atoms with Crippen LogP contribution in [0.25, 0.3) is 6.08 Å². The number of carbonyl (C=O) groups excluding carboxylic acids is 1. The number of carbonyl (C=O) groups is 1. The second kappa shape index (κ2) is 8.34. The first-order valence-electron chi connectivity index (χ1n) is 9.04. The Morgan fingerprint density at radius 3 is 2.64 bits per heavy atom. The molecule has 142 valence electrons. The zero-order valence-corrected chi connectivity index (χ0v) is 15.2. The first kappa shape index (κ1) is 17.7. The predicted octanol–water partition coefficient (Wildman–Crippen LogP) is 2.57. The number of amides is 1. The number of hydrogen-bond acceptors (Lipinski definition) is 7. The van der Waals surface area contributed by atoms with Gasteiger partial charge in [-0.05, 0) is 42.5 Å². The van der Waals surface area contributed by atoms with Crippen molar-refractivity contribution in [2.75, 3.05) is 36.4 Å². The topological polar surface area (TPSA) is 87.4 Å². The summed E-state index contributed by atoms with van der Waals surface area (Å²) >= 11 is 0. The van der Waals surface area contributed by atoms with Crippen LogP contribution in [0.4, 0.5) is 17.3 Å². The molecular weight excluding hydrogens is 356 g/mol. The maximum Gasteiger partial charge on any atom is 0.246 e. The second-order valence-electron chi connectivity index (χ2n) is 6.30. The molecule has 1 amide bonds. The first-order chi connectivity index (χ1) is 13.8. The Balaban J connectivity index is 1.30. The highest BCUT2D eigenvalue weighted by atomic mass is 16.3. The summed E-state index contributed by atoms with van der Waals surface area (Å²) in [5, 5.41) is 11.7. The summed E-state index contributed by atoms with van der Waals surface area (Å²) < 4.78 is 5.20. The maximum atomic E-state index is 12.3. The van der Waals surface area contributed by atoms with E-state index in [1.165, 1.54) is 0 Å². The van der Waals surface area contributed by atoms with Gasteiger partial charge >= 0.3 is 0 Å².